The Morgan fingerprint density at radius 2 is 2.19 bits per heavy atom. The number of carbonyl (C=O) groups is 1. The van der Waals surface area contributed by atoms with E-state index in [1.165, 1.54) is 12.8 Å². The van der Waals surface area contributed by atoms with E-state index < -0.39 is 5.97 Å². The first-order chi connectivity index (χ1) is 10.1. The van der Waals surface area contributed by atoms with Gasteiger partial charge in [-0.25, -0.2) is 14.8 Å². The van der Waals surface area contributed by atoms with Crippen molar-refractivity contribution in [1.29, 1.82) is 0 Å². The zero-order valence-electron chi connectivity index (χ0n) is 12.6. The van der Waals surface area contributed by atoms with E-state index in [4.69, 9.17) is 4.74 Å². The molecule has 0 radical (unpaired) electrons. The average Bonchev–Trinajstić information content (AvgIpc) is 2.96. The molecule has 1 heterocycles. The summed E-state index contributed by atoms with van der Waals surface area (Å²) in [5, 5.41) is 12.3. The summed E-state index contributed by atoms with van der Waals surface area (Å²) < 4.78 is 5.74. The highest BCUT2D eigenvalue weighted by molar-refractivity contribution is 5.91. The van der Waals surface area contributed by atoms with Crippen LogP contribution in [0.5, 0.6) is 0 Å². The Kier molecular flexibility index (Phi) is 5.50. The Labute approximate surface area is 124 Å². The first-order valence-corrected chi connectivity index (χ1v) is 7.53. The second-order valence-corrected chi connectivity index (χ2v) is 5.65. The molecule has 116 valence electrons. The Morgan fingerprint density at radius 1 is 1.48 bits per heavy atom. The standard InChI is InChI=1S/C15H23N3O3/c1-10(2)14-17-9-12(13(18-14)15(19)20)16-7-8-21-11-5-3-4-6-11/h9-11,16H,3-8H2,1-2H3,(H,19,20). The van der Waals surface area contributed by atoms with Crippen molar-refractivity contribution in [1.82, 2.24) is 9.97 Å². The minimum absolute atomic E-state index is 0.0227. The summed E-state index contributed by atoms with van der Waals surface area (Å²) in [5.41, 5.74) is 0.469. The van der Waals surface area contributed by atoms with Crippen LogP contribution in [0.4, 0.5) is 5.69 Å². The first-order valence-electron chi connectivity index (χ1n) is 7.53. The molecule has 6 heteroatoms. The fourth-order valence-corrected chi connectivity index (χ4v) is 2.43. The van der Waals surface area contributed by atoms with Crippen molar-refractivity contribution in [3.05, 3.63) is 17.7 Å². The van der Waals surface area contributed by atoms with Crippen molar-refractivity contribution in [3.8, 4) is 0 Å². The van der Waals surface area contributed by atoms with E-state index >= 15 is 0 Å². The van der Waals surface area contributed by atoms with Crippen LogP contribution in [0.3, 0.4) is 0 Å². The maximum Gasteiger partial charge on any atom is 0.356 e. The van der Waals surface area contributed by atoms with E-state index in [1.54, 1.807) is 6.20 Å². The second-order valence-electron chi connectivity index (χ2n) is 5.65. The zero-order chi connectivity index (χ0) is 15.2. The van der Waals surface area contributed by atoms with Crippen molar-refractivity contribution in [2.75, 3.05) is 18.5 Å². The van der Waals surface area contributed by atoms with E-state index in [2.05, 4.69) is 15.3 Å². The SMILES string of the molecule is CC(C)c1ncc(NCCOC2CCCC2)c(C(=O)O)n1. The molecule has 0 atom stereocenters. The van der Waals surface area contributed by atoms with Crippen LogP contribution in [0.25, 0.3) is 0 Å². The molecule has 0 amide bonds. The molecule has 0 aliphatic heterocycles. The molecule has 21 heavy (non-hydrogen) atoms. The van der Waals surface area contributed by atoms with E-state index in [9.17, 15) is 9.90 Å². The van der Waals surface area contributed by atoms with Crippen LogP contribution in [0.1, 0.15) is 61.8 Å². The van der Waals surface area contributed by atoms with Gasteiger partial charge in [0.25, 0.3) is 0 Å². The molecule has 0 saturated heterocycles. The van der Waals surface area contributed by atoms with Gasteiger partial charge in [0.2, 0.25) is 0 Å². The number of aromatic nitrogens is 2. The van der Waals surface area contributed by atoms with Gasteiger partial charge >= 0.3 is 5.97 Å². The van der Waals surface area contributed by atoms with Crippen molar-refractivity contribution < 1.29 is 14.6 Å². The highest BCUT2D eigenvalue weighted by atomic mass is 16.5. The molecule has 6 nitrogen and oxygen atoms in total. The number of aromatic carboxylic acids is 1. The number of anilines is 1. The van der Waals surface area contributed by atoms with E-state index in [-0.39, 0.29) is 11.6 Å². The summed E-state index contributed by atoms with van der Waals surface area (Å²) in [7, 11) is 0. The van der Waals surface area contributed by atoms with Crippen molar-refractivity contribution in [2.24, 2.45) is 0 Å². The Morgan fingerprint density at radius 3 is 2.81 bits per heavy atom. The van der Waals surface area contributed by atoms with Crippen molar-refractivity contribution >= 4 is 11.7 Å². The van der Waals surface area contributed by atoms with E-state index in [0.29, 0.717) is 30.8 Å². The number of carboxylic acid groups (broad SMARTS) is 1. The largest absolute Gasteiger partial charge is 0.476 e. The third-order valence-corrected chi connectivity index (χ3v) is 3.60. The average molecular weight is 293 g/mol. The molecule has 1 aromatic rings. The fourth-order valence-electron chi connectivity index (χ4n) is 2.43. The van der Waals surface area contributed by atoms with Crippen LogP contribution in [0.15, 0.2) is 6.20 Å². The third kappa shape index (κ3) is 4.39. The molecule has 2 N–H and O–H groups in total. The summed E-state index contributed by atoms with van der Waals surface area (Å²) >= 11 is 0. The monoisotopic (exact) mass is 293 g/mol. The lowest BCUT2D eigenvalue weighted by atomic mass is 10.2. The highest BCUT2D eigenvalue weighted by Crippen LogP contribution is 2.21. The summed E-state index contributed by atoms with van der Waals surface area (Å²) in [6, 6.07) is 0. The van der Waals surface area contributed by atoms with Crippen molar-refractivity contribution in [3.63, 3.8) is 0 Å². The fraction of sp³-hybridized carbons (Fsp3) is 0.667. The normalized spacial score (nSPS) is 15.6. The maximum absolute atomic E-state index is 11.3. The van der Waals surface area contributed by atoms with Gasteiger partial charge < -0.3 is 15.2 Å². The lowest BCUT2D eigenvalue weighted by molar-refractivity contribution is 0.0655. The van der Waals surface area contributed by atoms with Crippen LogP contribution < -0.4 is 5.32 Å². The quantitative estimate of drug-likeness (QED) is 0.752. The molecular formula is C15H23N3O3. The van der Waals surface area contributed by atoms with Gasteiger partial charge in [-0.1, -0.05) is 26.7 Å². The summed E-state index contributed by atoms with van der Waals surface area (Å²) in [6.45, 7) is 4.99. The molecule has 2 rings (SSSR count). The van der Waals surface area contributed by atoms with Crippen LogP contribution in [-0.4, -0.2) is 40.3 Å². The lowest BCUT2D eigenvalue weighted by Crippen LogP contribution is -2.18. The summed E-state index contributed by atoms with van der Waals surface area (Å²) in [5.74, 6) is -0.401. The third-order valence-electron chi connectivity index (χ3n) is 3.60. The Bertz CT molecular complexity index is 485. The van der Waals surface area contributed by atoms with Gasteiger partial charge in [0.05, 0.1) is 24.6 Å². The molecule has 1 aliphatic rings. The van der Waals surface area contributed by atoms with Crippen LogP contribution in [0.2, 0.25) is 0 Å². The molecule has 0 bridgehead atoms. The number of carboxylic acids is 1. The number of rotatable bonds is 7. The molecular weight excluding hydrogens is 270 g/mol. The van der Waals surface area contributed by atoms with E-state index in [1.807, 2.05) is 13.8 Å². The smallest absolute Gasteiger partial charge is 0.356 e. The van der Waals surface area contributed by atoms with Crippen LogP contribution in [0, 0.1) is 0 Å². The Hall–Kier alpha value is -1.69. The number of nitrogens with zero attached hydrogens (tertiary/aromatic N) is 2. The summed E-state index contributed by atoms with van der Waals surface area (Å²) in [6.07, 6.45) is 6.66. The van der Waals surface area contributed by atoms with Gasteiger partial charge in [0.15, 0.2) is 5.69 Å². The van der Waals surface area contributed by atoms with Gasteiger partial charge in [-0.15, -0.1) is 0 Å². The molecule has 0 unspecified atom stereocenters. The molecule has 0 aromatic carbocycles. The predicted octanol–water partition coefficient (Wildman–Crippen LogP) is 2.67. The van der Waals surface area contributed by atoms with Gasteiger partial charge in [0.1, 0.15) is 5.82 Å². The van der Waals surface area contributed by atoms with Gasteiger partial charge in [-0.2, -0.15) is 0 Å². The van der Waals surface area contributed by atoms with Gasteiger partial charge in [-0.3, -0.25) is 0 Å². The maximum atomic E-state index is 11.3. The molecule has 1 aliphatic carbocycles. The highest BCUT2D eigenvalue weighted by Gasteiger charge is 2.17. The molecule has 1 aromatic heterocycles. The topological polar surface area (TPSA) is 84.3 Å². The molecule has 0 spiro atoms. The Balaban J connectivity index is 1.90. The number of hydrogen-bond acceptors (Lipinski definition) is 5. The number of ether oxygens (including phenoxy) is 1. The second kappa shape index (κ2) is 7.36. The van der Waals surface area contributed by atoms with E-state index in [0.717, 1.165) is 12.8 Å². The van der Waals surface area contributed by atoms with Crippen LogP contribution in [-0.2, 0) is 4.74 Å². The van der Waals surface area contributed by atoms with Crippen LogP contribution >= 0.6 is 0 Å². The first kappa shape index (κ1) is 15.7. The predicted molar refractivity (Wildman–Crippen MR) is 79.8 cm³/mol. The molecule has 1 saturated carbocycles. The minimum atomic E-state index is -1.04. The zero-order valence-corrected chi connectivity index (χ0v) is 12.6. The molecule has 1 fully saturated rings. The van der Waals surface area contributed by atoms with Crippen molar-refractivity contribution in [2.45, 2.75) is 51.6 Å². The minimum Gasteiger partial charge on any atom is -0.476 e. The number of nitrogens with one attached hydrogen (secondary N) is 1. The van der Waals surface area contributed by atoms with Gasteiger partial charge in [0, 0.05) is 12.5 Å². The number of hydrogen-bond donors (Lipinski definition) is 2. The lowest BCUT2D eigenvalue weighted by Gasteiger charge is -2.13. The summed E-state index contributed by atoms with van der Waals surface area (Å²) in [4.78, 5) is 19.6. The van der Waals surface area contributed by atoms with Gasteiger partial charge in [-0.05, 0) is 12.8 Å².